The Morgan fingerprint density at radius 3 is 2.61 bits per heavy atom. The van der Waals surface area contributed by atoms with Crippen molar-refractivity contribution in [3.05, 3.63) is 53.1 Å². The molecule has 0 radical (unpaired) electrons. The topological polar surface area (TPSA) is 40.5 Å². The molecule has 0 spiro atoms. The molecule has 2 heterocycles. The van der Waals surface area contributed by atoms with Crippen molar-refractivity contribution in [1.29, 1.82) is 0 Å². The molecular weight excluding hydrogens is 286 g/mol. The molecule has 3 heteroatoms. The van der Waals surface area contributed by atoms with E-state index in [0.717, 1.165) is 19.4 Å². The quantitative estimate of drug-likeness (QED) is 0.806. The molecule has 0 aromatic heterocycles. The highest BCUT2D eigenvalue weighted by atomic mass is 16.4. The molecule has 5 unspecified atom stereocenters. The smallest absolute Gasteiger partial charge is 0.326 e. The minimum Gasteiger partial charge on any atom is -0.480 e. The number of carboxylic acids is 1. The van der Waals surface area contributed by atoms with Crippen LogP contribution in [0.5, 0.6) is 0 Å². The van der Waals surface area contributed by atoms with E-state index in [1.165, 1.54) is 22.4 Å². The lowest BCUT2D eigenvalue weighted by molar-refractivity contribution is -0.140. The summed E-state index contributed by atoms with van der Waals surface area (Å²) >= 11 is 0. The van der Waals surface area contributed by atoms with Crippen molar-refractivity contribution in [2.45, 2.75) is 37.6 Å². The number of aliphatic carboxylic acids is 1. The van der Waals surface area contributed by atoms with E-state index in [1.807, 2.05) is 0 Å². The molecule has 118 valence electrons. The van der Waals surface area contributed by atoms with Gasteiger partial charge >= 0.3 is 5.97 Å². The van der Waals surface area contributed by atoms with Gasteiger partial charge in [-0.05, 0) is 36.8 Å². The Bertz CT molecular complexity index is 746. The van der Waals surface area contributed by atoms with Gasteiger partial charge in [-0.15, -0.1) is 0 Å². The number of hydrogen-bond donors (Lipinski definition) is 1. The van der Waals surface area contributed by atoms with E-state index in [-0.39, 0.29) is 17.9 Å². The Balaban J connectivity index is 1.78. The molecule has 0 saturated heterocycles. The number of allylic oxidation sites excluding steroid dienone is 4. The minimum absolute atomic E-state index is 0.181. The van der Waals surface area contributed by atoms with Crippen LogP contribution in [0.4, 0.5) is 5.69 Å². The maximum absolute atomic E-state index is 12.1. The molecule has 0 amide bonds. The van der Waals surface area contributed by atoms with Crippen LogP contribution in [0.25, 0.3) is 0 Å². The zero-order valence-electron chi connectivity index (χ0n) is 13.3. The predicted molar refractivity (Wildman–Crippen MR) is 89.9 cm³/mol. The van der Waals surface area contributed by atoms with Crippen LogP contribution in [0.1, 0.15) is 41.4 Å². The van der Waals surface area contributed by atoms with E-state index >= 15 is 0 Å². The van der Waals surface area contributed by atoms with E-state index in [4.69, 9.17) is 0 Å². The molecule has 5 atom stereocenters. The molecule has 1 aromatic rings. The summed E-state index contributed by atoms with van der Waals surface area (Å²) in [5.41, 5.74) is 5.24. The molecular formula is C20H21NO2. The van der Waals surface area contributed by atoms with Crippen molar-refractivity contribution in [2.24, 2.45) is 11.8 Å². The lowest BCUT2D eigenvalue weighted by atomic mass is 9.71. The fourth-order valence-corrected chi connectivity index (χ4v) is 5.40. The van der Waals surface area contributed by atoms with E-state index < -0.39 is 5.97 Å². The summed E-state index contributed by atoms with van der Waals surface area (Å²) in [4.78, 5) is 14.3. The maximum atomic E-state index is 12.1. The molecule has 3 nitrogen and oxygen atoms in total. The summed E-state index contributed by atoms with van der Waals surface area (Å²) in [6.45, 7) is 3.04. The zero-order valence-corrected chi connectivity index (χ0v) is 13.3. The van der Waals surface area contributed by atoms with Crippen molar-refractivity contribution in [3.63, 3.8) is 0 Å². The molecule has 2 aliphatic heterocycles. The number of nitrogens with zero attached hydrogens (tertiary/aromatic N) is 1. The fraction of sp³-hybridized carbons (Fsp3) is 0.450. The SMILES string of the molecule is Cc1cc2c3c(c1)C1C=CCC1C(C(=O)O)N3CC1CC=CC21. The number of aryl methyl sites for hydroxylation is 1. The third kappa shape index (κ3) is 1.68. The van der Waals surface area contributed by atoms with E-state index in [0.29, 0.717) is 11.8 Å². The second-order valence-electron chi connectivity index (χ2n) is 7.53. The van der Waals surface area contributed by atoms with Crippen LogP contribution in [-0.2, 0) is 4.79 Å². The van der Waals surface area contributed by atoms with Gasteiger partial charge in [0.1, 0.15) is 6.04 Å². The first-order valence-corrected chi connectivity index (χ1v) is 8.62. The number of hydrogen-bond acceptors (Lipinski definition) is 2. The lowest BCUT2D eigenvalue weighted by Crippen LogP contribution is -2.54. The first kappa shape index (κ1) is 13.4. The third-order valence-corrected chi connectivity index (χ3v) is 6.25. The summed E-state index contributed by atoms with van der Waals surface area (Å²) in [6.07, 6.45) is 11.0. The van der Waals surface area contributed by atoms with E-state index in [9.17, 15) is 9.90 Å². The molecule has 0 fully saturated rings. The number of rotatable bonds is 1. The molecule has 0 bridgehead atoms. The van der Waals surface area contributed by atoms with Gasteiger partial charge in [-0.25, -0.2) is 4.79 Å². The van der Waals surface area contributed by atoms with Gasteiger partial charge in [-0.1, -0.05) is 42.0 Å². The molecule has 4 aliphatic rings. The van der Waals surface area contributed by atoms with Crippen LogP contribution in [0.3, 0.4) is 0 Å². The Morgan fingerprint density at radius 2 is 1.83 bits per heavy atom. The first-order chi connectivity index (χ1) is 11.1. The van der Waals surface area contributed by atoms with Crippen molar-refractivity contribution >= 4 is 11.7 Å². The van der Waals surface area contributed by atoms with Crippen LogP contribution in [0.2, 0.25) is 0 Å². The molecule has 23 heavy (non-hydrogen) atoms. The highest BCUT2D eigenvalue weighted by molar-refractivity contribution is 5.84. The number of benzene rings is 1. The molecule has 5 rings (SSSR count). The summed E-state index contributed by atoms with van der Waals surface area (Å²) in [7, 11) is 0. The zero-order chi connectivity index (χ0) is 15.7. The van der Waals surface area contributed by atoms with Crippen molar-refractivity contribution in [1.82, 2.24) is 0 Å². The summed E-state index contributed by atoms with van der Waals surface area (Å²) in [5, 5.41) is 9.94. The Labute approximate surface area is 136 Å². The van der Waals surface area contributed by atoms with Gasteiger partial charge in [0, 0.05) is 30.0 Å². The van der Waals surface area contributed by atoms with Crippen LogP contribution in [-0.4, -0.2) is 23.7 Å². The van der Waals surface area contributed by atoms with Gasteiger partial charge < -0.3 is 10.0 Å². The molecule has 1 aromatic carbocycles. The average Bonchev–Trinajstić information content (AvgIpc) is 3.15. The number of carbonyl (C=O) groups is 1. The van der Waals surface area contributed by atoms with Gasteiger partial charge in [0.15, 0.2) is 0 Å². The lowest BCUT2D eigenvalue weighted by Gasteiger charge is -2.49. The van der Waals surface area contributed by atoms with Crippen LogP contribution < -0.4 is 4.90 Å². The number of fused-ring (bicyclic) bond motifs is 4. The largest absolute Gasteiger partial charge is 0.480 e. The molecule has 0 saturated carbocycles. The first-order valence-electron chi connectivity index (χ1n) is 8.62. The maximum Gasteiger partial charge on any atom is 0.326 e. The summed E-state index contributed by atoms with van der Waals surface area (Å²) in [5.74, 6) is 0.787. The second-order valence-corrected chi connectivity index (χ2v) is 7.53. The van der Waals surface area contributed by atoms with E-state index in [2.05, 4.69) is 48.3 Å². The molecule has 1 N–H and O–H groups in total. The summed E-state index contributed by atoms with van der Waals surface area (Å²) in [6, 6.07) is 4.19. The standard InChI is InChI=1S/C20H21NO2/c1-11-8-16-13-5-2-4-12(13)10-21-18(16)17(9-11)14-6-3-7-15(14)19(21)20(22)23/h2-3,5-6,8-9,12-15,19H,4,7,10H2,1H3,(H,22,23). The highest BCUT2D eigenvalue weighted by Gasteiger charge is 2.49. The van der Waals surface area contributed by atoms with Gasteiger partial charge in [-0.3, -0.25) is 0 Å². The van der Waals surface area contributed by atoms with Gasteiger partial charge in [0.2, 0.25) is 0 Å². The van der Waals surface area contributed by atoms with Crippen molar-refractivity contribution in [2.75, 3.05) is 11.4 Å². The summed E-state index contributed by atoms with van der Waals surface area (Å²) < 4.78 is 0. The van der Waals surface area contributed by atoms with E-state index in [1.54, 1.807) is 0 Å². The third-order valence-electron chi connectivity index (χ3n) is 6.25. The monoisotopic (exact) mass is 307 g/mol. The average molecular weight is 307 g/mol. The van der Waals surface area contributed by atoms with Crippen LogP contribution in [0, 0.1) is 18.8 Å². The Kier molecular flexibility index (Phi) is 2.62. The fourth-order valence-electron chi connectivity index (χ4n) is 5.40. The van der Waals surface area contributed by atoms with Gasteiger partial charge in [0.25, 0.3) is 0 Å². The Morgan fingerprint density at radius 1 is 1.13 bits per heavy atom. The van der Waals surface area contributed by atoms with Gasteiger partial charge in [-0.2, -0.15) is 0 Å². The number of anilines is 1. The number of carboxylic acid groups (broad SMARTS) is 1. The minimum atomic E-state index is -0.662. The normalized spacial score (nSPS) is 35.9. The van der Waals surface area contributed by atoms with Crippen LogP contribution >= 0.6 is 0 Å². The van der Waals surface area contributed by atoms with Gasteiger partial charge in [0.05, 0.1) is 0 Å². The Hall–Kier alpha value is -2.03. The van der Waals surface area contributed by atoms with Crippen molar-refractivity contribution < 1.29 is 9.90 Å². The molecule has 2 aliphatic carbocycles. The second kappa shape index (κ2) is 4.50. The highest BCUT2D eigenvalue weighted by Crippen LogP contribution is 2.55. The van der Waals surface area contributed by atoms with Crippen molar-refractivity contribution in [3.8, 4) is 0 Å². The predicted octanol–water partition coefficient (Wildman–Crippen LogP) is 3.60. The van der Waals surface area contributed by atoms with Crippen LogP contribution in [0.15, 0.2) is 36.4 Å².